The zero-order chi connectivity index (χ0) is 10.3. The first-order valence-corrected chi connectivity index (χ1v) is 4.53. The third-order valence-corrected chi connectivity index (χ3v) is 2.09. The molecular weight excluding hydrogens is 164 g/mol. The van der Waals surface area contributed by atoms with Crippen molar-refractivity contribution in [1.82, 2.24) is 10.6 Å². The molecule has 3 heteroatoms. The molecule has 1 aliphatic heterocycles. The van der Waals surface area contributed by atoms with Gasteiger partial charge in [0.15, 0.2) is 0 Å². The van der Waals surface area contributed by atoms with E-state index in [0.717, 1.165) is 5.70 Å². The summed E-state index contributed by atoms with van der Waals surface area (Å²) >= 11 is 0. The Bertz CT molecular complexity index is 264. The average molecular weight is 182 g/mol. The Morgan fingerprint density at radius 1 is 1.23 bits per heavy atom. The first kappa shape index (κ1) is 10.3. The Hall–Kier alpha value is -0.830. The molecule has 1 rings (SSSR count). The van der Waals surface area contributed by atoms with E-state index in [1.807, 2.05) is 26.8 Å². The predicted molar refractivity (Wildman–Crippen MR) is 53.2 cm³/mol. The molecule has 1 aliphatic rings. The number of carbonyl (C=O) groups is 1. The third-order valence-electron chi connectivity index (χ3n) is 2.09. The van der Waals surface area contributed by atoms with Crippen molar-refractivity contribution in [2.24, 2.45) is 0 Å². The highest BCUT2D eigenvalue weighted by Crippen LogP contribution is 2.17. The molecule has 3 nitrogen and oxygen atoms in total. The van der Waals surface area contributed by atoms with Crippen molar-refractivity contribution in [2.45, 2.75) is 45.7 Å². The minimum absolute atomic E-state index is 0.0202. The van der Waals surface area contributed by atoms with Gasteiger partial charge in [-0.05, 0) is 40.7 Å². The molecule has 1 heterocycles. The Kier molecular flexibility index (Phi) is 2.24. The highest BCUT2D eigenvalue weighted by atomic mass is 16.2. The number of allylic oxidation sites excluding steroid dienone is 1. The van der Waals surface area contributed by atoms with Gasteiger partial charge in [-0.15, -0.1) is 0 Å². The molecule has 0 aromatic carbocycles. The summed E-state index contributed by atoms with van der Waals surface area (Å²) in [6.07, 6.45) is 2.03. The van der Waals surface area contributed by atoms with Crippen LogP contribution in [0, 0.1) is 0 Å². The van der Waals surface area contributed by atoms with E-state index in [0.29, 0.717) is 0 Å². The second-order valence-corrected chi connectivity index (χ2v) is 4.75. The molecule has 0 bridgehead atoms. The van der Waals surface area contributed by atoms with Crippen LogP contribution in [0.15, 0.2) is 11.8 Å². The molecule has 74 valence electrons. The fourth-order valence-electron chi connectivity index (χ4n) is 1.81. The van der Waals surface area contributed by atoms with Crippen LogP contribution in [0.25, 0.3) is 0 Å². The summed E-state index contributed by atoms with van der Waals surface area (Å²) in [5.74, 6) is 0.0202. The van der Waals surface area contributed by atoms with Crippen molar-refractivity contribution in [3.63, 3.8) is 0 Å². The second-order valence-electron chi connectivity index (χ2n) is 4.75. The number of hydrogen-bond acceptors (Lipinski definition) is 2. The van der Waals surface area contributed by atoms with Crippen LogP contribution in [0.5, 0.6) is 0 Å². The van der Waals surface area contributed by atoms with Crippen LogP contribution in [0.1, 0.15) is 34.6 Å². The lowest BCUT2D eigenvalue weighted by atomic mass is 9.98. The monoisotopic (exact) mass is 182 g/mol. The molecule has 2 N–H and O–H groups in total. The van der Waals surface area contributed by atoms with Crippen molar-refractivity contribution in [3.8, 4) is 0 Å². The topological polar surface area (TPSA) is 41.1 Å². The molecule has 13 heavy (non-hydrogen) atoms. The summed E-state index contributed by atoms with van der Waals surface area (Å²) in [5, 5.41) is 6.13. The standard InChI is InChI=1S/C10H18N2O/c1-7-6-9(2,3)12-10(4,5)8(13)11-7/h6,12H,1-5H3,(H,11,13). The lowest BCUT2D eigenvalue weighted by Gasteiger charge is -2.31. The predicted octanol–water partition coefficient (Wildman–Crippen LogP) is 1.17. The average Bonchev–Trinajstić information content (AvgIpc) is 1.85. The molecular formula is C10H18N2O. The van der Waals surface area contributed by atoms with E-state index in [4.69, 9.17) is 0 Å². The molecule has 0 aromatic rings. The third kappa shape index (κ3) is 2.31. The maximum Gasteiger partial charge on any atom is 0.243 e. The number of carbonyl (C=O) groups excluding carboxylic acids is 1. The highest BCUT2D eigenvalue weighted by Gasteiger charge is 2.35. The molecule has 0 aliphatic carbocycles. The fourth-order valence-corrected chi connectivity index (χ4v) is 1.81. The minimum atomic E-state index is -0.516. The molecule has 0 unspecified atom stereocenters. The summed E-state index contributed by atoms with van der Waals surface area (Å²) in [5.41, 5.74) is 0.248. The lowest BCUT2D eigenvalue weighted by molar-refractivity contribution is -0.125. The SMILES string of the molecule is CC1=CC(C)(C)NC(C)(C)C(=O)N1. The van der Waals surface area contributed by atoms with Gasteiger partial charge < -0.3 is 5.32 Å². The first-order chi connectivity index (χ1) is 5.73. The number of amides is 1. The van der Waals surface area contributed by atoms with Gasteiger partial charge in [-0.1, -0.05) is 0 Å². The van der Waals surface area contributed by atoms with Crippen LogP contribution < -0.4 is 10.6 Å². The zero-order valence-electron chi connectivity index (χ0n) is 8.99. The largest absolute Gasteiger partial charge is 0.329 e. The number of nitrogens with one attached hydrogen (secondary N) is 2. The molecule has 0 atom stereocenters. The number of rotatable bonds is 0. The van der Waals surface area contributed by atoms with Crippen molar-refractivity contribution in [2.75, 3.05) is 0 Å². The van der Waals surface area contributed by atoms with Gasteiger partial charge >= 0.3 is 0 Å². The summed E-state index contributed by atoms with van der Waals surface area (Å²) in [6, 6.07) is 0. The van der Waals surface area contributed by atoms with E-state index in [2.05, 4.69) is 24.5 Å². The molecule has 0 aromatic heterocycles. The first-order valence-electron chi connectivity index (χ1n) is 4.53. The van der Waals surface area contributed by atoms with Gasteiger partial charge in [0, 0.05) is 11.2 Å². The van der Waals surface area contributed by atoms with Crippen LogP contribution in [-0.2, 0) is 4.79 Å². The summed E-state index contributed by atoms with van der Waals surface area (Å²) in [6.45, 7) is 9.78. The molecule has 0 spiro atoms. The minimum Gasteiger partial charge on any atom is -0.329 e. The van der Waals surface area contributed by atoms with Gasteiger partial charge in [-0.2, -0.15) is 0 Å². The Balaban J connectivity index is 3.01. The van der Waals surface area contributed by atoms with E-state index < -0.39 is 5.54 Å². The Morgan fingerprint density at radius 2 is 1.77 bits per heavy atom. The molecule has 0 saturated carbocycles. The van der Waals surface area contributed by atoms with Crippen LogP contribution in [0.2, 0.25) is 0 Å². The summed E-state index contributed by atoms with van der Waals surface area (Å²) < 4.78 is 0. The molecule has 0 saturated heterocycles. The van der Waals surface area contributed by atoms with Crippen LogP contribution in [0.4, 0.5) is 0 Å². The van der Waals surface area contributed by atoms with Crippen LogP contribution >= 0.6 is 0 Å². The molecule has 1 amide bonds. The van der Waals surface area contributed by atoms with Crippen molar-refractivity contribution < 1.29 is 4.79 Å². The maximum atomic E-state index is 11.6. The van der Waals surface area contributed by atoms with Gasteiger partial charge in [-0.25, -0.2) is 0 Å². The van der Waals surface area contributed by atoms with Gasteiger partial charge in [0.25, 0.3) is 0 Å². The van der Waals surface area contributed by atoms with Gasteiger partial charge in [0.05, 0.1) is 5.54 Å². The zero-order valence-corrected chi connectivity index (χ0v) is 8.99. The molecule has 0 fully saturated rings. The van der Waals surface area contributed by atoms with E-state index in [9.17, 15) is 4.79 Å². The van der Waals surface area contributed by atoms with Gasteiger partial charge in [-0.3, -0.25) is 10.1 Å². The van der Waals surface area contributed by atoms with E-state index >= 15 is 0 Å². The smallest absolute Gasteiger partial charge is 0.243 e. The summed E-state index contributed by atoms with van der Waals surface area (Å²) in [4.78, 5) is 11.6. The fraction of sp³-hybridized carbons (Fsp3) is 0.700. The number of hydrogen-bond donors (Lipinski definition) is 2. The van der Waals surface area contributed by atoms with Gasteiger partial charge in [0.2, 0.25) is 5.91 Å². The normalized spacial score (nSPS) is 25.9. The highest BCUT2D eigenvalue weighted by molar-refractivity contribution is 5.87. The van der Waals surface area contributed by atoms with Crippen LogP contribution in [-0.4, -0.2) is 17.0 Å². The van der Waals surface area contributed by atoms with E-state index in [1.54, 1.807) is 0 Å². The molecule has 0 radical (unpaired) electrons. The van der Waals surface area contributed by atoms with Gasteiger partial charge in [0.1, 0.15) is 0 Å². The Morgan fingerprint density at radius 3 is 2.31 bits per heavy atom. The van der Waals surface area contributed by atoms with E-state index in [1.165, 1.54) is 0 Å². The van der Waals surface area contributed by atoms with Crippen molar-refractivity contribution in [3.05, 3.63) is 11.8 Å². The van der Waals surface area contributed by atoms with E-state index in [-0.39, 0.29) is 11.4 Å². The van der Waals surface area contributed by atoms with Crippen molar-refractivity contribution in [1.29, 1.82) is 0 Å². The quantitative estimate of drug-likeness (QED) is 0.590. The summed E-state index contributed by atoms with van der Waals surface area (Å²) in [7, 11) is 0. The maximum absolute atomic E-state index is 11.6. The second kappa shape index (κ2) is 2.84. The van der Waals surface area contributed by atoms with Crippen molar-refractivity contribution >= 4 is 5.91 Å². The van der Waals surface area contributed by atoms with Crippen LogP contribution in [0.3, 0.4) is 0 Å². The lowest BCUT2D eigenvalue weighted by Crippen LogP contribution is -2.56. The Labute approximate surface area is 79.6 Å².